The molecule has 1 aromatic carbocycles. The lowest BCUT2D eigenvalue weighted by Crippen LogP contribution is -2.41. The van der Waals surface area contributed by atoms with Gasteiger partial charge in [-0.25, -0.2) is 0 Å². The summed E-state index contributed by atoms with van der Waals surface area (Å²) in [7, 11) is -0.334. The highest BCUT2D eigenvalue weighted by Crippen LogP contribution is 2.36. The van der Waals surface area contributed by atoms with Gasteiger partial charge in [0.05, 0.1) is 11.2 Å². The van der Waals surface area contributed by atoms with Crippen molar-refractivity contribution >= 4 is 40.1 Å². The van der Waals surface area contributed by atoms with Crippen LogP contribution in [0, 0.1) is 0 Å². The molecule has 2 nitrogen and oxygen atoms in total. The van der Waals surface area contributed by atoms with Crippen molar-refractivity contribution in [1.82, 2.24) is 0 Å². The van der Waals surface area contributed by atoms with E-state index in [1.807, 2.05) is 18.2 Å². The summed E-state index contributed by atoms with van der Waals surface area (Å²) in [5, 5.41) is 1.46. The van der Waals surface area contributed by atoms with Crippen molar-refractivity contribution in [2.45, 2.75) is 44.2 Å². The van der Waals surface area contributed by atoms with Gasteiger partial charge in [-0.2, -0.15) is 0 Å². The Kier molecular flexibility index (Phi) is 3.85. The van der Waals surface area contributed by atoms with Crippen LogP contribution in [-0.2, 0) is 14.6 Å². The van der Waals surface area contributed by atoms with E-state index in [0.29, 0.717) is 0 Å². The zero-order chi connectivity index (χ0) is 13.6. The molecule has 18 heavy (non-hydrogen) atoms. The van der Waals surface area contributed by atoms with Crippen LogP contribution in [0.3, 0.4) is 0 Å². The third-order valence-corrected chi connectivity index (χ3v) is 4.60. The Balaban J connectivity index is 2.35. The smallest absolute Gasteiger partial charge is 0.399 e. The Bertz CT molecular complexity index is 446. The van der Waals surface area contributed by atoms with E-state index in [0.717, 1.165) is 21.4 Å². The molecule has 1 fully saturated rings. The highest BCUT2D eigenvalue weighted by atomic mass is 79.9. The summed E-state index contributed by atoms with van der Waals surface area (Å²) in [5.41, 5.74) is 1.50. The van der Waals surface area contributed by atoms with Crippen LogP contribution in [-0.4, -0.2) is 18.3 Å². The van der Waals surface area contributed by atoms with E-state index in [1.54, 1.807) is 0 Å². The van der Waals surface area contributed by atoms with Crippen molar-refractivity contribution < 1.29 is 9.31 Å². The topological polar surface area (TPSA) is 18.5 Å². The fourth-order valence-electron chi connectivity index (χ4n) is 1.89. The summed E-state index contributed by atoms with van der Waals surface area (Å²) >= 11 is 9.49. The van der Waals surface area contributed by atoms with Crippen molar-refractivity contribution in [1.29, 1.82) is 0 Å². The van der Waals surface area contributed by atoms with Gasteiger partial charge in [-0.15, -0.1) is 0 Å². The monoisotopic (exact) mass is 330 g/mol. The summed E-state index contributed by atoms with van der Waals surface area (Å²) in [6.45, 7) is 8.21. The Hall–Kier alpha value is -0.0251. The molecule has 1 aliphatic heterocycles. The zero-order valence-electron chi connectivity index (χ0n) is 11.1. The number of alkyl halides is 1. The van der Waals surface area contributed by atoms with Gasteiger partial charge in [0.25, 0.3) is 0 Å². The minimum atomic E-state index is -0.334. The SMILES string of the molecule is CC1(C)OB(c2ccc(Cl)cc2CBr)OC1(C)C. The maximum Gasteiger partial charge on any atom is 0.495 e. The summed E-state index contributed by atoms with van der Waals surface area (Å²) in [6.07, 6.45) is 0. The minimum absolute atomic E-state index is 0.319. The molecule has 5 heteroatoms. The Morgan fingerprint density at radius 3 is 2.22 bits per heavy atom. The van der Waals surface area contributed by atoms with Gasteiger partial charge in [-0.05, 0) is 50.9 Å². The summed E-state index contributed by atoms with van der Waals surface area (Å²) in [4.78, 5) is 0. The number of rotatable bonds is 2. The second-order valence-corrected chi connectivity index (χ2v) is 6.56. The summed E-state index contributed by atoms with van der Waals surface area (Å²) < 4.78 is 12.1. The maximum absolute atomic E-state index is 6.05. The lowest BCUT2D eigenvalue weighted by atomic mass is 9.76. The van der Waals surface area contributed by atoms with Crippen molar-refractivity contribution in [3.8, 4) is 0 Å². The molecule has 0 spiro atoms. The fourth-order valence-corrected chi connectivity index (χ4v) is 2.57. The molecule has 98 valence electrons. The molecule has 1 heterocycles. The van der Waals surface area contributed by atoms with Crippen LogP contribution in [0.4, 0.5) is 0 Å². The lowest BCUT2D eigenvalue weighted by Gasteiger charge is -2.32. The molecule has 0 radical (unpaired) electrons. The van der Waals surface area contributed by atoms with Crippen molar-refractivity contribution in [3.63, 3.8) is 0 Å². The molecule has 0 bridgehead atoms. The lowest BCUT2D eigenvalue weighted by molar-refractivity contribution is 0.00578. The highest BCUT2D eigenvalue weighted by Gasteiger charge is 2.52. The van der Waals surface area contributed by atoms with Crippen LogP contribution in [0.2, 0.25) is 5.02 Å². The Morgan fingerprint density at radius 1 is 1.17 bits per heavy atom. The van der Waals surface area contributed by atoms with Gasteiger partial charge in [0.15, 0.2) is 0 Å². The Labute approximate surface area is 122 Å². The first-order chi connectivity index (χ1) is 8.27. The zero-order valence-corrected chi connectivity index (χ0v) is 13.4. The van der Waals surface area contributed by atoms with Gasteiger partial charge in [-0.1, -0.05) is 33.6 Å². The molecule has 0 atom stereocenters. The molecule has 2 rings (SSSR count). The predicted octanol–water partition coefficient (Wildman–Crippen LogP) is 3.53. The first-order valence-corrected chi connectivity index (χ1v) is 7.47. The standard InChI is InChI=1S/C13H17BBrClO2/c1-12(2)13(3,4)18-14(17-12)11-6-5-10(16)7-9(11)8-15/h5-7H,8H2,1-4H3. The van der Waals surface area contributed by atoms with E-state index in [1.165, 1.54) is 0 Å². The first-order valence-electron chi connectivity index (χ1n) is 5.97. The third kappa shape index (κ3) is 2.48. The molecule has 0 aromatic heterocycles. The van der Waals surface area contributed by atoms with Crippen molar-refractivity contribution in [3.05, 3.63) is 28.8 Å². The van der Waals surface area contributed by atoms with E-state index in [2.05, 4.69) is 43.6 Å². The minimum Gasteiger partial charge on any atom is -0.399 e. The molecular formula is C13H17BBrClO2. The van der Waals surface area contributed by atoms with Gasteiger partial charge < -0.3 is 9.31 Å². The second kappa shape index (κ2) is 4.82. The van der Waals surface area contributed by atoms with Crippen molar-refractivity contribution in [2.24, 2.45) is 0 Å². The predicted molar refractivity (Wildman–Crippen MR) is 79.8 cm³/mol. The van der Waals surface area contributed by atoms with Crippen LogP contribution in [0.15, 0.2) is 18.2 Å². The normalized spacial score (nSPS) is 21.3. The molecule has 0 saturated carbocycles. The third-order valence-electron chi connectivity index (χ3n) is 3.76. The van der Waals surface area contributed by atoms with Gasteiger partial charge >= 0.3 is 7.12 Å². The average molecular weight is 331 g/mol. The van der Waals surface area contributed by atoms with Crippen LogP contribution in [0.1, 0.15) is 33.3 Å². The number of hydrogen-bond acceptors (Lipinski definition) is 2. The van der Waals surface area contributed by atoms with Gasteiger partial charge in [0.2, 0.25) is 0 Å². The largest absolute Gasteiger partial charge is 0.495 e. The van der Waals surface area contributed by atoms with Gasteiger partial charge in [-0.3, -0.25) is 0 Å². The number of hydrogen-bond donors (Lipinski definition) is 0. The second-order valence-electron chi connectivity index (χ2n) is 5.57. The molecule has 1 saturated heterocycles. The number of benzene rings is 1. The van der Waals surface area contributed by atoms with E-state index < -0.39 is 0 Å². The molecule has 1 aliphatic rings. The molecular weight excluding hydrogens is 314 g/mol. The van der Waals surface area contributed by atoms with E-state index in [4.69, 9.17) is 20.9 Å². The summed E-state index contributed by atoms with van der Waals surface area (Å²) in [6, 6.07) is 5.78. The van der Waals surface area contributed by atoms with Gasteiger partial charge in [0.1, 0.15) is 0 Å². The highest BCUT2D eigenvalue weighted by molar-refractivity contribution is 9.08. The van der Waals surface area contributed by atoms with E-state index >= 15 is 0 Å². The summed E-state index contributed by atoms with van der Waals surface area (Å²) in [5.74, 6) is 0. The number of halogens is 2. The molecule has 0 N–H and O–H groups in total. The molecule has 0 aliphatic carbocycles. The first kappa shape index (κ1) is 14.4. The van der Waals surface area contributed by atoms with Gasteiger partial charge in [0, 0.05) is 10.4 Å². The molecule has 0 amide bonds. The van der Waals surface area contributed by atoms with Crippen molar-refractivity contribution in [2.75, 3.05) is 0 Å². The molecule has 0 unspecified atom stereocenters. The quantitative estimate of drug-likeness (QED) is 0.610. The van der Waals surface area contributed by atoms with Crippen LogP contribution >= 0.6 is 27.5 Å². The van der Waals surface area contributed by atoms with E-state index in [-0.39, 0.29) is 18.3 Å². The van der Waals surface area contributed by atoms with Crippen LogP contribution in [0.5, 0.6) is 0 Å². The van der Waals surface area contributed by atoms with Crippen LogP contribution < -0.4 is 5.46 Å². The van der Waals surface area contributed by atoms with Crippen LogP contribution in [0.25, 0.3) is 0 Å². The maximum atomic E-state index is 6.05. The van der Waals surface area contributed by atoms with E-state index in [9.17, 15) is 0 Å². The fraction of sp³-hybridized carbons (Fsp3) is 0.538. The molecule has 1 aromatic rings. The average Bonchev–Trinajstić information content (AvgIpc) is 2.47. The Morgan fingerprint density at radius 2 is 1.72 bits per heavy atom.